The number of esters is 1. The Morgan fingerprint density at radius 1 is 0.926 bits per heavy atom. The van der Waals surface area contributed by atoms with Crippen molar-refractivity contribution < 1.29 is 28.5 Å². The number of rotatable bonds is 10. The molecule has 0 fully saturated rings. The van der Waals surface area contributed by atoms with Crippen LogP contribution in [-0.4, -0.2) is 38.8 Å². The Bertz CT molecular complexity index is 744. The molecule has 2 aromatic carbocycles. The second-order valence-electron chi connectivity index (χ2n) is 5.44. The van der Waals surface area contributed by atoms with Gasteiger partial charge in [-0.25, -0.2) is 4.79 Å². The first-order valence-electron chi connectivity index (χ1n) is 8.52. The van der Waals surface area contributed by atoms with Crippen LogP contribution in [0.4, 0.5) is 0 Å². The van der Waals surface area contributed by atoms with Crippen molar-refractivity contribution in [2.75, 3.05) is 26.9 Å². The summed E-state index contributed by atoms with van der Waals surface area (Å²) < 4.78 is 20.7. The van der Waals surface area contributed by atoms with Gasteiger partial charge in [0.15, 0.2) is 13.2 Å². The number of hydrogen-bond donors (Lipinski definition) is 1. The summed E-state index contributed by atoms with van der Waals surface area (Å²) in [4.78, 5) is 23.5. The molecule has 1 amide bonds. The molecular formula is C20H23NO6. The monoisotopic (exact) mass is 373 g/mol. The van der Waals surface area contributed by atoms with Crippen LogP contribution in [0.15, 0.2) is 48.5 Å². The molecule has 0 radical (unpaired) electrons. The number of hydrogen-bond acceptors (Lipinski definition) is 6. The summed E-state index contributed by atoms with van der Waals surface area (Å²) in [5.41, 5.74) is 0.832. The van der Waals surface area contributed by atoms with E-state index in [1.165, 1.54) is 0 Å². The van der Waals surface area contributed by atoms with E-state index in [1.807, 2.05) is 25.1 Å². The van der Waals surface area contributed by atoms with Crippen LogP contribution in [0.25, 0.3) is 0 Å². The lowest BCUT2D eigenvalue weighted by atomic mass is 10.2. The maximum absolute atomic E-state index is 11.8. The lowest BCUT2D eigenvalue weighted by molar-refractivity contribution is -0.150. The van der Waals surface area contributed by atoms with Gasteiger partial charge < -0.3 is 24.3 Å². The van der Waals surface area contributed by atoms with Crippen LogP contribution in [0.5, 0.6) is 17.2 Å². The fourth-order valence-corrected chi connectivity index (χ4v) is 2.22. The molecule has 2 aromatic rings. The van der Waals surface area contributed by atoms with Crippen molar-refractivity contribution in [3.05, 3.63) is 54.1 Å². The molecule has 0 spiro atoms. The first-order chi connectivity index (χ1) is 13.1. The zero-order valence-electron chi connectivity index (χ0n) is 15.4. The third-order valence-electron chi connectivity index (χ3n) is 3.52. The van der Waals surface area contributed by atoms with Crippen LogP contribution in [0, 0.1) is 0 Å². The van der Waals surface area contributed by atoms with Crippen LogP contribution in [0.3, 0.4) is 0 Å². The van der Waals surface area contributed by atoms with Crippen molar-refractivity contribution in [1.82, 2.24) is 5.32 Å². The summed E-state index contributed by atoms with van der Waals surface area (Å²) in [6, 6.07) is 14.2. The molecule has 0 heterocycles. The molecule has 0 bridgehead atoms. The summed E-state index contributed by atoms with van der Waals surface area (Å²) in [5, 5.41) is 2.67. The van der Waals surface area contributed by atoms with E-state index in [9.17, 15) is 9.59 Å². The smallest absolute Gasteiger partial charge is 0.344 e. The molecule has 0 aromatic heterocycles. The van der Waals surface area contributed by atoms with Crippen molar-refractivity contribution in [2.24, 2.45) is 0 Å². The number of methoxy groups -OCH3 is 1. The van der Waals surface area contributed by atoms with Crippen LogP contribution in [-0.2, 0) is 20.9 Å². The maximum Gasteiger partial charge on any atom is 0.344 e. The lowest BCUT2D eigenvalue weighted by Gasteiger charge is -2.10. The van der Waals surface area contributed by atoms with Gasteiger partial charge in [0, 0.05) is 12.1 Å². The van der Waals surface area contributed by atoms with Crippen LogP contribution >= 0.6 is 0 Å². The molecule has 7 heteroatoms. The van der Waals surface area contributed by atoms with Gasteiger partial charge in [-0.2, -0.15) is 0 Å². The number of carbonyl (C=O) groups excluding carboxylic acids is 2. The van der Waals surface area contributed by atoms with E-state index in [-0.39, 0.29) is 19.8 Å². The van der Waals surface area contributed by atoms with E-state index in [1.54, 1.807) is 37.4 Å². The molecule has 144 valence electrons. The summed E-state index contributed by atoms with van der Waals surface area (Å²) in [6.07, 6.45) is 0. The third kappa shape index (κ3) is 6.89. The van der Waals surface area contributed by atoms with Gasteiger partial charge >= 0.3 is 5.97 Å². The Balaban J connectivity index is 1.68. The van der Waals surface area contributed by atoms with E-state index < -0.39 is 11.9 Å². The first kappa shape index (κ1) is 20.1. The Hall–Kier alpha value is -3.22. The first-order valence-corrected chi connectivity index (χ1v) is 8.52. The van der Waals surface area contributed by atoms with Crippen LogP contribution < -0.4 is 19.5 Å². The number of carbonyl (C=O) groups is 2. The summed E-state index contributed by atoms with van der Waals surface area (Å²) in [6.45, 7) is 2.09. The number of benzene rings is 2. The average molecular weight is 373 g/mol. The van der Waals surface area contributed by atoms with Crippen molar-refractivity contribution in [1.29, 1.82) is 0 Å². The largest absolute Gasteiger partial charge is 0.496 e. The predicted octanol–water partition coefficient (Wildman–Crippen LogP) is 2.33. The normalized spacial score (nSPS) is 10.0. The highest BCUT2D eigenvalue weighted by molar-refractivity contribution is 5.80. The minimum atomic E-state index is -0.628. The zero-order chi connectivity index (χ0) is 19.5. The summed E-state index contributed by atoms with van der Waals surface area (Å²) in [7, 11) is 1.56. The molecule has 7 nitrogen and oxygen atoms in total. The minimum absolute atomic E-state index is 0.281. The van der Waals surface area contributed by atoms with Crippen molar-refractivity contribution in [3.63, 3.8) is 0 Å². The highest BCUT2D eigenvalue weighted by atomic mass is 16.6. The highest BCUT2D eigenvalue weighted by Crippen LogP contribution is 2.18. The van der Waals surface area contributed by atoms with E-state index in [4.69, 9.17) is 18.9 Å². The number of ether oxygens (including phenoxy) is 4. The molecule has 0 aliphatic heterocycles. The molecule has 2 rings (SSSR count). The quantitative estimate of drug-likeness (QED) is 0.644. The van der Waals surface area contributed by atoms with Gasteiger partial charge in [0.25, 0.3) is 5.91 Å². The topological polar surface area (TPSA) is 83.1 Å². The maximum atomic E-state index is 11.8. The minimum Gasteiger partial charge on any atom is -0.496 e. The van der Waals surface area contributed by atoms with Gasteiger partial charge in [0.2, 0.25) is 0 Å². The Kier molecular flexibility index (Phi) is 7.96. The molecule has 27 heavy (non-hydrogen) atoms. The average Bonchev–Trinajstić information content (AvgIpc) is 2.70. The van der Waals surface area contributed by atoms with E-state index in [2.05, 4.69) is 5.32 Å². The fourth-order valence-electron chi connectivity index (χ4n) is 2.22. The fraction of sp³-hybridized carbons (Fsp3) is 0.300. The van der Waals surface area contributed by atoms with Gasteiger partial charge in [-0.15, -0.1) is 0 Å². The molecule has 0 saturated heterocycles. The summed E-state index contributed by atoms with van der Waals surface area (Å²) >= 11 is 0. The third-order valence-corrected chi connectivity index (χ3v) is 3.52. The lowest BCUT2D eigenvalue weighted by Crippen LogP contribution is -2.29. The molecule has 1 N–H and O–H groups in total. The van der Waals surface area contributed by atoms with Gasteiger partial charge in [-0.1, -0.05) is 18.2 Å². The Labute approximate surface area is 158 Å². The Morgan fingerprint density at radius 2 is 1.59 bits per heavy atom. The van der Waals surface area contributed by atoms with Crippen molar-refractivity contribution in [3.8, 4) is 17.2 Å². The van der Waals surface area contributed by atoms with Gasteiger partial charge in [-0.05, 0) is 37.3 Å². The second-order valence-corrected chi connectivity index (χ2v) is 5.44. The molecule has 0 unspecified atom stereocenters. The van der Waals surface area contributed by atoms with E-state index in [0.717, 1.165) is 11.3 Å². The summed E-state index contributed by atoms with van der Waals surface area (Å²) in [5.74, 6) is 0.875. The molecule has 0 saturated carbocycles. The zero-order valence-corrected chi connectivity index (χ0v) is 15.4. The molecule has 0 atom stereocenters. The number of amides is 1. The Morgan fingerprint density at radius 3 is 2.26 bits per heavy atom. The van der Waals surface area contributed by atoms with Crippen molar-refractivity contribution >= 4 is 11.9 Å². The number of nitrogens with one attached hydrogen (secondary N) is 1. The molecule has 0 aliphatic rings. The predicted molar refractivity (Wildman–Crippen MR) is 98.9 cm³/mol. The van der Waals surface area contributed by atoms with E-state index in [0.29, 0.717) is 18.1 Å². The molecule has 0 aliphatic carbocycles. The van der Waals surface area contributed by atoms with E-state index >= 15 is 0 Å². The second kappa shape index (κ2) is 10.7. The van der Waals surface area contributed by atoms with Crippen LogP contribution in [0.2, 0.25) is 0 Å². The van der Waals surface area contributed by atoms with Gasteiger partial charge in [0.1, 0.15) is 17.2 Å². The van der Waals surface area contributed by atoms with Crippen molar-refractivity contribution in [2.45, 2.75) is 13.5 Å². The van der Waals surface area contributed by atoms with Gasteiger partial charge in [0.05, 0.1) is 13.7 Å². The highest BCUT2D eigenvalue weighted by Gasteiger charge is 2.09. The molecular weight excluding hydrogens is 350 g/mol. The SMILES string of the molecule is CCOc1ccc(OCC(=O)OCC(=O)NCc2ccccc2OC)cc1. The standard InChI is InChI=1S/C20H23NO6/c1-3-25-16-8-10-17(11-9-16)26-14-20(23)27-13-19(22)21-12-15-6-4-5-7-18(15)24-2/h4-11H,3,12-14H2,1-2H3,(H,21,22). The van der Waals surface area contributed by atoms with Crippen LogP contribution in [0.1, 0.15) is 12.5 Å². The van der Waals surface area contributed by atoms with Gasteiger partial charge in [-0.3, -0.25) is 4.79 Å². The number of para-hydroxylation sites is 1.